The van der Waals surface area contributed by atoms with Gasteiger partial charge in [-0.1, -0.05) is 13.3 Å². The molecule has 0 bridgehead atoms. The van der Waals surface area contributed by atoms with Crippen LogP contribution in [0.1, 0.15) is 39.5 Å². The topological polar surface area (TPSA) is 39.7 Å². The van der Waals surface area contributed by atoms with E-state index in [1.165, 1.54) is 25.8 Å². The van der Waals surface area contributed by atoms with Crippen molar-refractivity contribution >= 4 is 29.9 Å². The number of likely N-dealkylation sites (tertiary alicyclic amines) is 1. The number of halogens is 1. The van der Waals surface area contributed by atoms with Crippen LogP contribution in [-0.4, -0.2) is 50.1 Å². The fraction of sp³-hybridized carbons (Fsp3) is 0.923. The van der Waals surface area contributed by atoms with E-state index >= 15 is 0 Å². The Morgan fingerprint density at radius 1 is 1.28 bits per heavy atom. The van der Waals surface area contributed by atoms with Crippen molar-refractivity contribution < 1.29 is 0 Å². The van der Waals surface area contributed by atoms with Gasteiger partial charge >= 0.3 is 0 Å². The van der Waals surface area contributed by atoms with Gasteiger partial charge in [0.2, 0.25) is 0 Å². The molecule has 0 aliphatic carbocycles. The van der Waals surface area contributed by atoms with E-state index in [1.807, 2.05) is 7.05 Å². The summed E-state index contributed by atoms with van der Waals surface area (Å²) in [4.78, 5) is 6.78. The molecular weight excluding hydrogens is 339 g/mol. The highest BCUT2D eigenvalue weighted by molar-refractivity contribution is 14.0. The van der Waals surface area contributed by atoms with Gasteiger partial charge in [-0.15, -0.1) is 24.0 Å². The number of nitrogens with one attached hydrogen (secondary N) is 2. The summed E-state index contributed by atoms with van der Waals surface area (Å²) in [5.41, 5.74) is 0. The Morgan fingerprint density at radius 2 is 2.00 bits per heavy atom. The quantitative estimate of drug-likeness (QED) is 0.443. The zero-order valence-electron chi connectivity index (χ0n) is 12.0. The largest absolute Gasteiger partial charge is 0.356 e. The first-order valence-corrected chi connectivity index (χ1v) is 6.96. The van der Waals surface area contributed by atoms with Gasteiger partial charge in [0.25, 0.3) is 0 Å². The molecule has 0 amide bonds. The number of aliphatic imine (C=N–C) groups is 1. The van der Waals surface area contributed by atoms with Crippen LogP contribution < -0.4 is 10.6 Å². The smallest absolute Gasteiger partial charge is 0.191 e. The standard InChI is InChI=1S/C13H28N4.HI/c1-4-8-15-13(14-3)16-9-11-17-10-6-5-7-12(17)2;/h12H,4-11H2,1-3H3,(H2,14,15,16);1H. The third-order valence-electron chi connectivity index (χ3n) is 3.40. The molecule has 0 saturated carbocycles. The molecule has 1 aliphatic heterocycles. The van der Waals surface area contributed by atoms with Crippen LogP contribution in [0.4, 0.5) is 0 Å². The molecule has 1 aliphatic rings. The Morgan fingerprint density at radius 3 is 2.61 bits per heavy atom. The van der Waals surface area contributed by atoms with E-state index in [-0.39, 0.29) is 24.0 Å². The van der Waals surface area contributed by atoms with Crippen molar-refractivity contribution in [3.63, 3.8) is 0 Å². The second-order valence-corrected chi connectivity index (χ2v) is 4.81. The Hall–Kier alpha value is -0.0400. The molecule has 0 aromatic heterocycles. The maximum absolute atomic E-state index is 4.20. The van der Waals surface area contributed by atoms with Crippen LogP contribution in [0.25, 0.3) is 0 Å². The summed E-state index contributed by atoms with van der Waals surface area (Å²) >= 11 is 0. The minimum absolute atomic E-state index is 0. The van der Waals surface area contributed by atoms with Crippen LogP contribution >= 0.6 is 24.0 Å². The molecule has 0 aromatic rings. The van der Waals surface area contributed by atoms with Gasteiger partial charge in [-0.25, -0.2) is 0 Å². The summed E-state index contributed by atoms with van der Waals surface area (Å²) in [7, 11) is 1.83. The molecule has 0 radical (unpaired) electrons. The Bertz CT molecular complexity index is 233. The van der Waals surface area contributed by atoms with Gasteiger partial charge in [0.15, 0.2) is 5.96 Å². The monoisotopic (exact) mass is 368 g/mol. The maximum Gasteiger partial charge on any atom is 0.191 e. The lowest BCUT2D eigenvalue weighted by atomic mass is 10.0. The molecule has 1 unspecified atom stereocenters. The minimum atomic E-state index is 0. The number of rotatable bonds is 5. The van der Waals surface area contributed by atoms with Crippen molar-refractivity contribution in [3.8, 4) is 0 Å². The first kappa shape index (κ1) is 18.0. The van der Waals surface area contributed by atoms with Crippen LogP contribution in [0.5, 0.6) is 0 Å². The third kappa shape index (κ3) is 6.78. The predicted molar refractivity (Wildman–Crippen MR) is 90.0 cm³/mol. The van der Waals surface area contributed by atoms with Gasteiger partial charge in [0.05, 0.1) is 0 Å². The molecule has 0 aromatic carbocycles. The number of nitrogens with zero attached hydrogens (tertiary/aromatic N) is 2. The maximum atomic E-state index is 4.20. The summed E-state index contributed by atoms with van der Waals surface area (Å²) in [6.45, 7) is 8.84. The van der Waals surface area contributed by atoms with Gasteiger partial charge in [-0.3, -0.25) is 9.89 Å². The lowest BCUT2D eigenvalue weighted by Gasteiger charge is -2.33. The predicted octanol–water partition coefficient (Wildman–Crippen LogP) is 2.05. The fourth-order valence-electron chi connectivity index (χ4n) is 2.27. The molecule has 1 saturated heterocycles. The Balaban J connectivity index is 0.00000289. The Kier molecular flexibility index (Phi) is 10.8. The number of hydrogen-bond acceptors (Lipinski definition) is 2. The number of piperidine rings is 1. The molecule has 2 N–H and O–H groups in total. The highest BCUT2D eigenvalue weighted by Crippen LogP contribution is 2.15. The normalized spacial score (nSPS) is 21.3. The van der Waals surface area contributed by atoms with Crippen LogP contribution in [0.3, 0.4) is 0 Å². The van der Waals surface area contributed by atoms with Crippen molar-refractivity contribution in [3.05, 3.63) is 0 Å². The van der Waals surface area contributed by atoms with Crippen LogP contribution in [0.15, 0.2) is 4.99 Å². The summed E-state index contributed by atoms with van der Waals surface area (Å²) in [6, 6.07) is 0.746. The Labute approximate surface area is 129 Å². The highest BCUT2D eigenvalue weighted by Gasteiger charge is 2.17. The van der Waals surface area contributed by atoms with Gasteiger partial charge in [-0.05, 0) is 32.7 Å². The van der Waals surface area contributed by atoms with Crippen LogP contribution in [0.2, 0.25) is 0 Å². The lowest BCUT2D eigenvalue weighted by molar-refractivity contribution is 0.163. The van der Waals surface area contributed by atoms with Crippen molar-refractivity contribution in [2.75, 3.05) is 33.2 Å². The molecule has 1 heterocycles. The van der Waals surface area contributed by atoms with E-state index < -0.39 is 0 Å². The summed E-state index contributed by atoms with van der Waals surface area (Å²) < 4.78 is 0. The highest BCUT2D eigenvalue weighted by atomic mass is 127. The first-order chi connectivity index (χ1) is 8.27. The van der Waals surface area contributed by atoms with Gasteiger partial charge in [0, 0.05) is 32.7 Å². The molecule has 5 heteroatoms. The number of guanidine groups is 1. The van der Waals surface area contributed by atoms with Crippen molar-refractivity contribution in [2.45, 2.75) is 45.6 Å². The molecule has 0 spiro atoms. The summed E-state index contributed by atoms with van der Waals surface area (Å²) in [5.74, 6) is 0.927. The number of hydrogen-bond donors (Lipinski definition) is 2. The zero-order chi connectivity index (χ0) is 12.5. The van der Waals surface area contributed by atoms with Crippen LogP contribution in [0, 0.1) is 0 Å². The molecule has 1 fully saturated rings. The SMILES string of the molecule is CCCNC(=NC)NCCN1CCCCC1C.I. The van der Waals surface area contributed by atoms with Gasteiger partial charge in [-0.2, -0.15) is 0 Å². The van der Waals surface area contributed by atoms with Crippen molar-refractivity contribution in [2.24, 2.45) is 4.99 Å². The molecule has 4 nitrogen and oxygen atoms in total. The molecule has 1 atom stereocenters. The minimum Gasteiger partial charge on any atom is -0.356 e. The average Bonchev–Trinajstić information content (AvgIpc) is 2.35. The van der Waals surface area contributed by atoms with E-state index in [4.69, 9.17) is 0 Å². The summed E-state index contributed by atoms with van der Waals surface area (Å²) in [5, 5.41) is 6.66. The fourth-order valence-corrected chi connectivity index (χ4v) is 2.27. The molecule has 1 rings (SSSR count). The van der Waals surface area contributed by atoms with Crippen molar-refractivity contribution in [1.29, 1.82) is 0 Å². The van der Waals surface area contributed by atoms with E-state index in [2.05, 4.69) is 34.4 Å². The zero-order valence-corrected chi connectivity index (χ0v) is 14.4. The third-order valence-corrected chi connectivity index (χ3v) is 3.40. The van der Waals surface area contributed by atoms with Gasteiger partial charge < -0.3 is 10.6 Å². The van der Waals surface area contributed by atoms with E-state index in [0.717, 1.165) is 38.1 Å². The first-order valence-electron chi connectivity index (χ1n) is 6.96. The second-order valence-electron chi connectivity index (χ2n) is 4.81. The van der Waals surface area contributed by atoms with E-state index in [9.17, 15) is 0 Å². The van der Waals surface area contributed by atoms with Gasteiger partial charge in [0.1, 0.15) is 0 Å². The van der Waals surface area contributed by atoms with Crippen molar-refractivity contribution in [1.82, 2.24) is 15.5 Å². The second kappa shape index (κ2) is 10.8. The molecule has 18 heavy (non-hydrogen) atoms. The average molecular weight is 368 g/mol. The van der Waals surface area contributed by atoms with E-state index in [1.54, 1.807) is 0 Å². The summed E-state index contributed by atoms with van der Waals surface area (Å²) in [6.07, 6.45) is 5.23. The van der Waals surface area contributed by atoms with E-state index in [0.29, 0.717) is 0 Å². The molecule has 108 valence electrons. The lowest BCUT2D eigenvalue weighted by Crippen LogP contribution is -2.45. The van der Waals surface area contributed by atoms with Crippen LogP contribution in [-0.2, 0) is 0 Å². The molecular formula is C13H29IN4.